The van der Waals surface area contributed by atoms with Gasteiger partial charge in [0.1, 0.15) is 5.82 Å². The second-order valence-corrected chi connectivity index (χ2v) is 6.71. The van der Waals surface area contributed by atoms with E-state index in [0.717, 1.165) is 21.9 Å². The minimum atomic E-state index is -0.657. The van der Waals surface area contributed by atoms with Crippen LogP contribution in [0, 0.1) is 11.6 Å². The Bertz CT molecular complexity index is 961. The lowest BCUT2D eigenvalue weighted by Gasteiger charge is -2.01. The van der Waals surface area contributed by atoms with Crippen LogP contribution >= 0.6 is 27.3 Å². The lowest BCUT2D eigenvalue weighted by molar-refractivity contribution is 0.0998. The summed E-state index contributed by atoms with van der Waals surface area (Å²) in [6.45, 7) is 2.24. The van der Waals surface area contributed by atoms with Crippen LogP contribution in [0.3, 0.4) is 0 Å². The maximum atomic E-state index is 14.0. The van der Waals surface area contributed by atoms with Gasteiger partial charge in [-0.25, -0.2) is 8.78 Å². The first-order chi connectivity index (χ1) is 11.0. The molecule has 3 nitrogen and oxygen atoms in total. The van der Waals surface area contributed by atoms with Crippen molar-refractivity contribution in [3.63, 3.8) is 0 Å². The van der Waals surface area contributed by atoms with Gasteiger partial charge in [0, 0.05) is 22.6 Å². The van der Waals surface area contributed by atoms with Crippen molar-refractivity contribution in [3.8, 4) is 0 Å². The molecule has 0 bridgehead atoms. The maximum absolute atomic E-state index is 14.0. The number of amides is 1. The number of carbonyl (C=O) groups excluding carboxylic acids is 1. The van der Waals surface area contributed by atoms with Gasteiger partial charge in [-0.1, -0.05) is 27.3 Å². The van der Waals surface area contributed by atoms with E-state index in [1.165, 1.54) is 6.07 Å². The molecule has 1 heterocycles. The summed E-state index contributed by atoms with van der Waals surface area (Å²) in [6, 6.07) is 8.88. The fraction of sp³-hybridized carbons (Fsp3) is 0.125. The highest BCUT2D eigenvalue weighted by molar-refractivity contribution is 9.10. The van der Waals surface area contributed by atoms with Crippen molar-refractivity contribution in [2.24, 2.45) is 4.99 Å². The monoisotopic (exact) mass is 396 g/mol. The summed E-state index contributed by atoms with van der Waals surface area (Å²) in [4.78, 5) is 16.7. The molecular weight excluding hydrogens is 386 g/mol. The number of nitrogens with zero attached hydrogens (tertiary/aromatic N) is 2. The zero-order valence-electron chi connectivity index (χ0n) is 12.0. The fourth-order valence-corrected chi connectivity index (χ4v) is 3.65. The first-order valence-corrected chi connectivity index (χ1v) is 8.43. The molecule has 0 aliphatic heterocycles. The van der Waals surface area contributed by atoms with Gasteiger partial charge in [0.05, 0.1) is 10.2 Å². The molecule has 0 radical (unpaired) electrons. The minimum Gasteiger partial charge on any atom is -0.314 e. The predicted molar refractivity (Wildman–Crippen MR) is 89.4 cm³/mol. The van der Waals surface area contributed by atoms with Crippen molar-refractivity contribution in [2.45, 2.75) is 13.5 Å². The summed E-state index contributed by atoms with van der Waals surface area (Å²) < 4.78 is 30.2. The van der Waals surface area contributed by atoms with E-state index in [9.17, 15) is 13.6 Å². The van der Waals surface area contributed by atoms with Gasteiger partial charge in [-0.3, -0.25) is 4.79 Å². The molecule has 0 saturated carbocycles. The van der Waals surface area contributed by atoms with Crippen LogP contribution in [0.25, 0.3) is 10.2 Å². The fourth-order valence-electron chi connectivity index (χ4n) is 2.25. The topological polar surface area (TPSA) is 34.4 Å². The highest BCUT2D eigenvalue weighted by Crippen LogP contribution is 2.22. The summed E-state index contributed by atoms with van der Waals surface area (Å²) in [6.07, 6.45) is 0. The number of benzene rings is 2. The molecule has 118 valence electrons. The van der Waals surface area contributed by atoms with Crippen molar-refractivity contribution in [3.05, 3.63) is 62.9 Å². The molecular formula is C16H11BrF2N2OS. The Kier molecular flexibility index (Phi) is 4.41. The number of carbonyl (C=O) groups is 1. The van der Waals surface area contributed by atoms with E-state index < -0.39 is 17.5 Å². The number of thiazole rings is 1. The number of rotatable bonds is 2. The van der Waals surface area contributed by atoms with Crippen molar-refractivity contribution < 1.29 is 13.6 Å². The van der Waals surface area contributed by atoms with Gasteiger partial charge in [0.25, 0.3) is 5.91 Å². The van der Waals surface area contributed by atoms with Crippen molar-refractivity contribution in [1.82, 2.24) is 4.57 Å². The van der Waals surface area contributed by atoms with Crippen molar-refractivity contribution in [2.75, 3.05) is 0 Å². The van der Waals surface area contributed by atoms with E-state index in [4.69, 9.17) is 0 Å². The number of hydrogen-bond acceptors (Lipinski definition) is 2. The number of hydrogen-bond donors (Lipinski definition) is 0. The van der Waals surface area contributed by atoms with Gasteiger partial charge in [-0.15, -0.1) is 0 Å². The molecule has 0 saturated heterocycles. The molecule has 0 unspecified atom stereocenters. The molecule has 0 spiro atoms. The summed E-state index contributed by atoms with van der Waals surface area (Å²) in [5, 5.41) is 0. The summed E-state index contributed by atoms with van der Waals surface area (Å²) in [5.41, 5.74) is 0.696. The number of aromatic nitrogens is 1. The molecule has 0 atom stereocenters. The second kappa shape index (κ2) is 6.33. The highest BCUT2D eigenvalue weighted by atomic mass is 79.9. The average Bonchev–Trinajstić information content (AvgIpc) is 2.85. The molecule has 1 amide bonds. The third-order valence-corrected chi connectivity index (χ3v) is 4.85. The number of aryl methyl sites for hydroxylation is 1. The zero-order valence-corrected chi connectivity index (χ0v) is 14.4. The normalized spacial score (nSPS) is 12.1. The van der Waals surface area contributed by atoms with Crippen LogP contribution in [0.5, 0.6) is 0 Å². The van der Waals surface area contributed by atoms with Gasteiger partial charge in [-0.05, 0) is 37.3 Å². The summed E-state index contributed by atoms with van der Waals surface area (Å²) >= 11 is 4.39. The van der Waals surface area contributed by atoms with Gasteiger partial charge < -0.3 is 4.57 Å². The Morgan fingerprint density at radius 2 is 1.96 bits per heavy atom. The van der Waals surface area contributed by atoms with Crippen molar-refractivity contribution in [1.29, 1.82) is 0 Å². The lowest BCUT2D eigenvalue weighted by atomic mass is 10.2. The minimum absolute atomic E-state index is 0.265. The van der Waals surface area contributed by atoms with E-state index >= 15 is 0 Å². The largest absolute Gasteiger partial charge is 0.314 e. The molecule has 0 aliphatic carbocycles. The van der Waals surface area contributed by atoms with Crippen LogP contribution in [-0.2, 0) is 6.54 Å². The lowest BCUT2D eigenvalue weighted by Crippen LogP contribution is -2.16. The molecule has 0 fully saturated rings. The Morgan fingerprint density at radius 3 is 2.61 bits per heavy atom. The molecule has 3 aromatic rings. The van der Waals surface area contributed by atoms with Crippen LogP contribution < -0.4 is 4.80 Å². The molecule has 0 aliphatic rings. The van der Waals surface area contributed by atoms with Gasteiger partial charge in [-0.2, -0.15) is 4.99 Å². The third-order valence-electron chi connectivity index (χ3n) is 3.30. The van der Waals surface area contributed by atoms with Crippen LogP contribution in [0.4, 0.5) is 8.78 Å². The van der Waals surface area contributed by atoms with Crippen LogP contribution in [0.1, 0.15) is 17.3 Å². The predicted octanol–water partition coefficient (Wildman–Crippen LogP) is 4.50. The van der Waals surface area contributed by atoms with E-state index in [1.54, 1.807) is 28.8 Å². The van der Waals surface area contributed by atoms with Crippen LogP contribution in [0.15, 0.2) is 45.9 Å². The number of halogens is 3. The van der Waals surface area contributed by atoms with Gasteiger partial charge >= 0.3 is 0 Å². The Hall–Kier alpha value is -1.86. The van der Waals surface area contributed by atoms with E-state index in [-0.39, 0.29) is 5.52 Å². The zero-order chi connectivity index (χ0) is 16.6. The van der Waals surface area contributed by atoms with E-state index in [2.05, 4.69) is 20.9 Å². The van der Waals surface area contributed by atoms with Crippen LogP contribution in [-0.4, -0.2) is 10.5 Å². The van der Waals surface area contributed by atoms with E-state index in [0.29, 0.717) is 21.6 Å². The summed E-state index contributed by atoms with van der Waals surface area (Å²) in [7, 11) is 0. The number of fused-ring (bicyclic) bond motifs is 1. The standard InChI is InChI=1S/C16H11BrF2N2OS/c1-2-21-14-12(19)7-11(18)8-13(14)23-16(21)20-15(22)9-3-5-10(17)6-4-9/h3-8H,2H2,1H3. The molecule has 3 rings (SSSR count). The Morgan fingerprint density at radius 1 is 1.26 bits per heavy atom. The molecule has 23 heavy (non-hydrogen) atoms. The highest BCUT2D eigenvalue weighted by Gasteiger charge is 2.13. The quantitative estimate of drug-likeness (QED) is 0.627. The van der Waals surface area contributed by atoms with Gasteiger partial charge in [0.2, 0.25) is 0 Å². The maximum Gasteiger partial charge on any atom is 0.279 e. The molecule has 7 heteroatoms. The first kappa shape index (κ1) is 16.0. The molecule has 1 aromatic heterocycles. The SMILES string of the molecule is CCn1c(=NC(=O)c2ccc(Br)cc2)sc2cc(F)cc(F)c21. The second-order valence-electron chi connectivity index (χ2n) is 4.79. The Balaban J connectivity index is 2.17. The van der Waals surface area contributed by atoms with Crippen LogP contribution in [0.2, 0.25) is 0 Å². The van der Waals surface area contributed by atoms with E-state index in [1.807, 2.05) is 6.92 Å². The smallest absolute Gasteiger partial charge is 0.279 e. The van der Waals surface area contributed by atoms with Crippen molar-refractivity contribution >= 4 is 43.4 Å². The summed E-state index contributed by atoms with van der Waals surface area (Å²) in [5.74, 6) is -1.73. The first-order valence-electron chi connectivity index (χ1n) is 6.82. The average molecular weight is 397 g/mol. The Labute approximate surface area is 143 Å². The molecule has 2 aromatic carbocycles. The third kappa shape index (κ3) is 3.11. The molecule has 0 N–H and O–H groups in total. The van der Waals surface area contributed by atoms with Gasteiger partial charge in [0.15, 0.2) is 10.6 Å².